The Morgan fingerprint density at radius 2 is 1.77 bits per heavy atom. The van der Waals surface area contributed by atoms with Crippen LogP contribution in [0.25, 0.3) is 22.3 Å². The standard InChI is InChI=1S/C30H29ClF3N3O2/c1-36-25-12-10-21(31)18-23(25)22(28(36)24-8-5-9-26(35-24)30(32,33)34)11-13-27(38)37-16-14-29(39,15-17-37)19-20-6-3-2-4-7-20/h2-10,12,18,39H,11,13-17,19H2,1H3. The summed E-state index contributed by atoms with van der Waals surface area (Å²) in [7, 11) is 1.77. The molecule has 9 heteroatoms. The first-order valence-corrected chi connectivity index (χ1v) is 13.3. The number of rotatable bonds is 6. The molecule has 1 aliphatic heterocycles. The first-order valence-electron chi connectivity index (χ1n) is 12.9. The molecular formula is C30H29ClF3N3O2. The molecule has 204 valence electrons. The Kier molecular flexibility index (Phi) is 7.44. The minimum atomic E-state index is -4.57. The molecule has 1 N–H and O–H groups in total. The van der Waals surface area contributed by atoms with Gasteiger partial charge in [0.15, 0.2) is 0 Å². The minimum Gasteiger partial charge on any atom is -0.389 e. The second-order valence-corrected chi connectivity index (χ2v) is 10.7. The molecule has 0 radical (unpaired) electrons. The second kappa shape index (κ2) is 10.7. The molecule has 5 nitrogen and oxygen atoms in total. The predicted molar refractivity (Wildman–Crippen MR) is 145 cm³/mol. The molecule has 1 amide bonds. The smallest absolute Gasteiger partial charge is 0.389 e. The molecule has 0 spiro atoms. The first kappa shape index (κ1) is 27.2. The van der Waals surface area contributed by atoms with Gasteiger partial charge in [-0.15, -0.1) is 0 Å². The van der Waals surface area contributed by atoms with Crippen LogP contribution in [-0.2, 0) is 30.9 Å². The van der Waals surface area contributed by atoms with Crippen molar-refractivity contribution in [3.05, 3.63) is 88.6 Å². The number of hydrogen-bond acceptors (Lipinski definition) is 3. The first-order chi connectivity index (χ1) is 18.5. The summed E-state index contributed by atoms with van der Waals surface area (Å²) in [5.41, 5.74) is 1.47. The predicted octanol–water partition coefficient (Wildman–Crippen LogP) is 6.44. The summed E-state index contributed by atoms with van der Waals surface area (Å²) in [4.78, 5) is 18.9. The van der Waals surface area contributed by atoms with E-state index < -0.39 is 17.5 Å². The fourth-order valence-corrected chi connectivity index (χ4v) is 5.68. The lowest BCUT2D eigenvalue weighted by Crippen LogP contribution is -2.47. The average Bonchev–Trinajstić information content (AvgIpc) is 3.18. The zero-order valence-corrected chi connectivity index (χ0v) is 22.3. The van der Waals surface area contributed by atoms with Crippen LogP contribution in [0.2, 0.25) is 5.02 Å². The van der Waals surface area contributed by atoms with Crippen LogP contribution in [-0.4, -0.2) is 44.2 Å². The molecule has 3 heterocycles. The molecule has 1 saturated heterocycles. The number of aryl methyl sites for hydroxylation is 2. The van der Waals surface area contributed by atoms with E-state index in [-0.39, 0.29) is 18.0 Å². The quantitative estimate of drug-likeness (QED) is 0.298. The SMILES string of the molecule is Cn1c(-c2cccc(C(F)(F)F)n2)c(CCC(=O)N2CCC(O)(Cc3ccccc3)CC2)c2cc(Cl)ccc21. The van der Waals surface area contributed by atoms with Crippen LogP contribution in [0.3, 0.4) is 0 Å². The molecule has 2 aromatic carbocycles. The Balaban J connectivity index is 1.36. The van der Waals surface area contributed by atoms with Gasteiger partial charge in [-0.1, -0.05) is 48.0 Å². The summed E-state index contributed by atoms with van der Waals surface area (Å²) in [6.07, 6.45) is -2.58. The van der Waals surface area contributed by atoms with Crippen molar-refractivity contribution in [2.75, 3.05) is 13.1 Å². The van der Waals surface area contributed by atoms with Gasteiger partial charge in [0.1, 0.15) is 5.69 Å². The largest absolute Gasteiger partial charge is 0.433 e. The zero-order chi connectivity index (χ0) is 27.8. The Hall–Kier alpha value is -3.36. The van der Waals surface area contributed by atoms with Crippen LogP contribution in [0.1, 0.15) is 36.1 Å². The number of aliphatic hydroxyl groups is 1. The van der Waals surface area contributed by atoms with Crippen LogP contribution in [0.5, 0.6) is 0 Å². The van der Waals surface area contributed by atoms with Crippen molar-refractivity contribution in [3.8, 4) is 11.4 Å². The van der Waals surface area contributed by atoms with E-state index in [9.17, 15) is 23.1 Å². The molecule has 4 aromatic rings. The molecule has 0 unspecified atom stereocenters. The number of hydrogen-bond donors (Lipinski definition) is 1. The maximum atomic E-state index is 13.4. The number of carbonyl (C=O) groups excluding carboxylic acids is 1. The zero-order valence-electron chi connectivity index (χ0n) is 21.5. The van der Waals surface area contributed by atoms with E-state index in [0.29, 0.717) is 49.5 Å². The van der Waals surface area contributed by atoms with Crippen molar-refractivity contribution >= 4 is 28.4 Å². The summed E-state index contributed by atoms with van der Waals surface area (Å²) in [5.74, 6) is -0.0567. The number of pyridine rings is 1. The molecule has 0 atom stereocenters. The number of benzene rings is 2. The number of halogens is 4. The van der Waals surface area contributed by atoms with E-state index in [0.717, 1.165) is 28.1 Å². The van der Waals surface area contributed by atoms with Gasteiger partial charge in [-0.2, -0.15) is 13.2 Å². The summed E-state index contributed by atoms with van der Waals surface area (Å²) in [5, 5.41) is 12.4. The summed E-state index contributed by atoms with van der Waals surface area (Å²) in [6, 6.07) is 19.0. The molecule has 1 fully saturated rings. The van der Waals surface area contributed by atoms with E-state index in [4.69, 9.17) is 11.6 Å². The number of nitrogens with zero attached hydrogens (tertiary/aromatic N) is 3. The van der Waals surface area contributed by atoms with Crippen LogP contribution >= 0.6 is 11.6 Å². The third kappa shape index (κ3) is 5.82. The number of amides is 1. The Labute approximate surface area is 229 Å². The lowest BCUT2D eigenvalue weighted by Gasteiger charge is -2.38. The maximum absolute atomic E-state index is 13.4. The van der Waals surface area contributed by atoms with Crippen molar-refractivity contribution < 1.29 is 23.1 Å². The third-order valence-electron chi connectivity index (χ3n) is 7.56. The molecule has 0 aliphatic carbocycles. The van der Waals surface area contributed by atoms with Crippen molar-refractivity contribution in [1.82, 2.24) is 14.5 Å². The van der Waals surface area contributed by atoms with Crippen molar-refractivity contribution in [2.24, 2.45) is 7.05 Å². The average molecular weight is 556 g/mol. The highest BCUT2D eigenvalue weighted by Crippen LogP contribution is 2.37. The van der Waals surface area contributed by atoms with Gasteiger partial charge in [0, 0.05) is 48.9 Å². The molecule has 2 aromatic heterocycles. The highest BCUT2D eigenvalue weighted by atomic mass is 35.5. The number of carbonyl (C=O) groups is 1. The fraction of sp³-hybridized carbons (Fsp3) is 0.333. The lowest BCUT2D eigenvalue weighted by molar-refractivity contribution is -0.141. The van der Waals surface area contributed by atoms with Gasteiger partial charge in [0.05, 0.1) is 17.0 Å². The molecule has 0 bridgehead atoms. The molecule has 1 aliphatic rings. The third-order valence-corrected chi connectivity index (χ3v) is 7.80. The number of piperidine rings is 1. The van der Waals surface area contributed by atoms with Crippen molar-refractivity contribution in [3.63, 3.8) is 0 Å². The van der Waals surface area contributed by atoms with E-state index in [2.05, 4.69) is 4.98 Å². The van der Waals surface area contributed by atoms with Gasteiger partial charge in [-0.3, -0.25) is 4.79 Å². The van der Waals surface area contributed by atoms with Gasteiger partial charge in [0.25, 0.3) is 0 Å². The van der Waals surface area contributed by atoms with E-state index in [1.807, 2.05) is 36.4 Å². The maximum Gasteiger partial charge on any atom is 0.433 e. The topological polar surface area (TPSA) is 58.4 Å². The Morgan fingerprint density at radius 3 is 2.46 bits per heavy atom. The van der Waals surface area contributed by atoms with Crippen LogP contribution in [0, 0.1) is 0 Å². The number of aromatic nitrogens is 2. The van der Waals surface area contributed by atoms with Gasteiger partial charge in [0.2, 0.25) is 5.91 Å². The Morgan fingerprint density at radius 1 is 1.05 bits per heavy atom. The number of likely N-dealkylation sites (tertiary alicyclic amines) is 1. The second-order valence-electron chi connectivity index (χ2n) is 10.2. The van der Waals surface area contributed by atoms with E-state index in [1.165, 1.54) is 6.07 Å². The number of fused-ring (bicyclic) bond motifs is 1. The van der Waals surface area contributed by atoms with E-state index in [1.54, 1.807) is 34.7 Å². The van der Waals surface area contributed by atoms with Gasteiger partial charge >= 0.3 is 6.18 Å². The highest BCUT2D eigenvalue weighted by molar-refractivity contribution is 6.31. The Bertz CT molecular complexity index is 1490. The van der Waals surface area contributed by atoms with Crippen molar-refractivity contribution in [1.29, 1.82) is 0 Å². The fourth-order valence-electron chi connectivity index (χ4n) is 5.51. The monoisotopic (exact) mass is 555 g/mol. The van der Waals surface area contributed by atoms with Gasteiger partial charge in [-0.25, -0.2) is 4.98 Å². The van der Waals surface area contributed by atoms with Crippen LogP contribution in [0.15, 0.2) is 66.7 Å². The van der Waals surface area contributed by atoms with Crippen LogP contribution in [0.4, 0.5) is 13.2 Å². The lowest BCUT2D eigenvalue weighted by atomic mass is 9.85. The molecule has 39 heavy (non-hydrogen) atoms. The highest BCUT2D eigenvalue weighted by Gasteiger charge is 2.35. The summed E-state index contributed by atoms with van der Waals surface area (Å²) < 4.78 is 42.1. The normalized spacial score (nSPS) is 15.6. The summed E-state index contributed by atoms with van der Waals surface area (Å²) >= 11 is 6.28. The number of alkyl halides is 3. The molecular weight excluding hydrogens is 527 g/mol. The minimum absolute atomic E-state index is 0.0567. The molecule has 0 saturated carbocycles. The van der Waals surface area contributed by atoms with E-state index >= 15 is 0 Å². The van der Waals surface area contributed by atoms with Gasteiger partial charge in [-0.05, 0) is 60.7 Å². The summed E-state index contributed by atoms with van der Waals surface area (Å²) in [6.45, 7) is 0.900. The van der Waals surface area contributed by atoms with Crippen LogP contribution < -0.4 is 0 Å². The molecule has 5 rings (SSSR count). The van der Waals surface area contributed by atoms with Crippen molar-refractivity contribution in [2.45, 2.75) is 43.9 Å². The van der Waals surface area contributed by atoms with Gasteiger partial charge < -0.3 is 14.6 Å².